The first-order chi connectivity index (χ1) is 14.0. The molecule has 1 aliphatic rings. The van der Waals surface area contributed by atoms with Crippen molar-refractivity contribution >= 4 is 57.3 Å². The van der Waals surface area contributed by atoms with Crippen LogP contribution in [-0.4, -0.2) is 29.8 Å². The van der Waals surface area contributed by atoms with Crippen molar-refractivity contribution in [1.29, 1.82) is 0 Å². The summed E-state index contributed by atoms with van der Waals surface area (Å²) < 4.78 is 4.76. The SMILES string of the molecule is COC(=O)CC1=CC(SCC(=O)Nc2cccc(C)c2Cl)=Nc2ccccc2N1. The molecular formula is C21H20ClN3O3S. The van der Waals surface area contributed by atoms with Crippen molar-refractivity contribution in [3.8, 4) is 0 Å². The number of carbonyl (C=O) groups excluding carboxylic acids is 2. The number of para-hydroxylation sites is 2. The number of ether oxygens (including phenoxy) is 1. The Morgan fingerprint density at radius 2 is 2.00 bits per heavy atom. The average Bonchev–Trinajstić information content (AvgIpc) is 2.88. The van der Waals surface area contributed by atoms with Crippen molar-refractivity contribution in [2.24, 2.45) is 4.99 Å². The first kappa shape index (κ1) is 21.0. The highest BCUT2D eigenvalue weighted by molar-refractivity contribution is 8.14. The molecular weight excluding hydrogens is 410 g/mol. The average molecular weight is 430 g/mol. The number of thioether (sulfide) groups is 1. The van der Waals surface area contributed by atoms with Gasteiger partial charge in [0, 0.05) is 5.70 Å². The van der Waals surface area contributed by atoms with Gasteiger partial charge in [0.15, 0.2) is 0 Å². The Bertz CT molecular complexity index is 1000. The molecule has 0 saturated carbocycles. The number of fused-ring (bicyclic) bond motifs is 1. The van der Waals surface area contributed by atoms with Crippen LogP contribution in [0.5, 0.6) is 0 Å². The summed E-state index contributed by atoms with van der Waals surface area (Å²) >= 11 is 7.51. The highest BCUT2D eigenvalue weighted by atomic mass is 35.5. The molecule has 0 bridgehead atoms. The van der Waals surface area contributed by atoms with Crippen LogP contribution in [0, 0.1) is 6.92 Å². The summed E-state index contributed by atoms with van der Waals surface area (Å²) in [4.78, 5) is 28.7. The van der Waals surface area contributed by atoms with Gasteiger partial charge in [-0.25, -0.2) is 4.99 Å². The molecule has 0 fully saturated rings. The quantitative estimate of drug-likeness (QED) is 0.659. The van der Waals surface area contributed by atoms with Gasteiger partial charge >= 0.3 is 5.97 Å². The lowest BCUT2D eigenvalue weighted by Gasteiger charge is -2.09. The van der Waals surface area contributed by atoms with E-state index in [-0.39, 0.29) is 24.1 Å². The summed E-state index contributed by atoms with van der Waals surface area (Å²) in [5.74, 6) is -0.411. The predicted octanol–water partition coefficient (Wildman–Crippen LogP) is 4.92. The second-order valence-corrected chi connectivity index (χ2v) is 7.66. The second kappa shape index (κ2) is 9.62. The van der Waals surface area contributed by atoms with Gasteiger partial charge in [-0.15, -0.1) is 0 Å². The summed E-state index contributed by atoms with van der Waals surface area (Å²) in [5, 5.41) is 7.17. The molecule has 0 saturated heterocycles. The Morgan fingerprint density at radius 3 is 2.79 bits per heavy atom. The lowest BCUT2D eigenvalue weighted by molar-refractivity contribution is -0.139. The third-order valence-electron chi connectivity index (χ3n) is 4.11. The highest BCUT2D eigenvalue weighted by Crippen LogP contribution is 2.31. The number of rotatable bonds is 5. The van der Waals surface area contributed by atoms with E-state index < -0.39 is 0 Å². The fourth-order valence-corrected chi connectivity index (χ4v) is 3.57. The molecule has 0 aliphatic carbocycles. The summed E-state index contributed by atoms with van der Waals surface area (Å²) in [6.45, 7) is 1.88. The minimum absolute atomic E-state index is 0.0789. The van der Waals surface area contributed by atoms with E-state index in [1.165, 1.54) is 18.9 Å². The number of halogens is 1. The molecule has 0 unspecified atom stereocenters. The summed E-state index contributed by atoms with van der Waals surface area (Å²) in [6.07, 6.45) is 1.84. The number of aliphatic imine (C=N–C) groups is 1. The molecule has 150 valence electrons. The Labute approximate surface area is 178 Å². The van der Waals surface area contributed by atoms with Crippen LogP contribution in [-0.2, 0) is 14.3 Å². The maximum absolute atomic E-state index is 12.4. The van der Waals surface area contributed by atoms with Crippen LogP contribution in [0.3, 0.4) is 0 Å². The van der Waals surface area contributed by atoms with Gasteiger partial charge in [-0.3, -0.25) is 9.59 Å². The topological polar surface area (TPSA) is 79.8 Å². The Kier molecular flexibility index (Phi) is 6.95. The molecule has 2 aromatic rings. The number of nitrogens with zero attached hydrogens (tertiary/aromatic N) is 1. The van der Waals surface area contributed by atoms with Crippen LogP contribution in [0.2, 0.25) is 5.02 Å². The molecule has 0 radical (unpaired) electrons. The molecule has 2 N–H and O–H groups in total. The summed E-state index contributed by atoms with van der Waals surface area (Å²) in [7, 11) is 1.35. The first-order valence-electron chi connectivity index (χ1n) is 8.86. The zero-order valence-electron chi connectivity index (χ0n) is 16.0. The van der Waals surface area contributed by atoms with Crippen molar-refractivity contribution in [3.63, 3.8) is 0 Å². The monoisotopic (exact) mass is 429 g/mol. The van der Waals surface area contributed by atoms with E-state index in [4.69, 9.17) is 16.3 Å². The van der Waals surface area contributed by atoms with Crippen LogP contribution in [0.4, 0.5) is 17.1 Å². The van der Waals surface area contributed by atoms with Crippen LogP contribution >= 0.6 is 23.4 Å². The van der Waals surface area contributed by atoms with Crippen LogP contribution in [0.25, 0.3) is 0 Å². The van der Waals surface area contributed by atoms with Gasteiger partial charge in [0.2, 0.25) is 5.91 Å². The fraction of sp³-hybridized carbons (Fsp3) is 0.190. The molecule has 1 aliphatic heterocycles. The van der Waals surface area contributed by atoms with Crippen molar-refractivity contribution < 1.29 is 14.3 Å². The number of methoxy groups -OCH3 is 1. The van der Waals surface area contributed by atoms with Crippen molar-refractivity contribution in [1.82, 2.24) is 0 Å². The van der Waals surface area contributed by atoms with Gasteiger partial charge in [-0.2, -0.15) is 0 Å². The van der Waals surface area contributed by atoms with E-state index >= 15 is 0 Å². The molecule has 0 atom stereocenters. The minimum atomic E-state index is -0.362. The first-order valence-corrected chi connectivity index (χ1v) is 10.2. The molecule has 0 spiro atoms. The van der Waals surface area contributed by atoms with Gasteiger partial charge in [0.05, 0.1) is 46.4 Å². The molecule has 0 aromatic heterocycles. The molecule has 8 heteroatoms. The maximum Gasteiger partial charge on any atom is 0.311 e. The largest absolute Gasteiger partial charge is 0.469 e. The van der Waals surface area contributed by atoms with E-state index in [0.29, 0.717) is 21.5 Å². The van der Waals surface area contributed by atoms with Gasteiger partial charge in [0.25, 0.3) is 0 Å². The second-order valence-electron chi connectivity index (χ2n) is 6.29. The van der Waals surface area contributed by atoms with Crippen molar-refractivity contribution in [3.05, 3.63) is 64.8 Å². The lowest BCUT2D eigenvalue weighted by atomic mass is 10.2. The fourth-order valence-electron chi connectivity index (χ4n) is 2.65. The van der Waals surface area contributed by atoms with E-state index in [1.54, 1.807) is 12.1 Å². The van der Waals surface area contributed by atoms with E-state index in [9.17, 15) is 9.59 Å². The number of carbonyl (C=O) groups is 2. The third kappa shape index (κ3) is 5.62. The normalized spacial score (nSPS) is 12.7. The van der Waals surface area contributed by atoms with Gasteiger partial charge in [-0.1, -0.05) is 47.6 Å². The van der Waals surface area contributed by atoms with Gasteiger partial charge < -0.3 is 15.4 Å². The number of benzene rings is 2. The van der Waals surface area contributed by atoms with E-state index in [1.807, 2.05) is 43.3 Å². The molecule has 2 aromatic carbocycles. The Balaban J connectivity index is 1.74. The lowest BCUT2D eigenvalue weighted by Crippen LogP contribution is -2.15. The van der Waals surface area contributed by atoms with E-state index in [2.05, 4.69) is 15.6 Å². The smallest absolute Gasteiger partial charge is 0.311 e. The Morgan fingerprint density at radius 1 is 1.21 bits per heavy atom. The maximum atomic E-state index is 12.4. The van der Waals surface area contributed by atoms with Crippen LogP contribution in [0.15, 0.2) is 59.2 Å². The summed E-state index contributed by atoms with van der Waals surface area (Å²) in [6, 6.07) is 13.0. The van der Waals surface area contributed by atoms with Crippen molar-refractivity contribution in [2.45, 2.75) is 13.3 Å². The number of hydrogen-bond acceptors (Lipinski definition) is 6. The number of amides is 1. The van der Waals surface area contributed by atoms with Crippen LogP contribution in [0.1, 0.15) is 12.0 Å². The third-order valence-corrected chi connectivity index (χ3v) is 5.52. The number of hydrogen-bond donors (Lipinski definition) is 2. The molecule has 1 heterocycles. The number of aryl methyl sites for hydroxylation is 1. The zero-order valence-corrected chi connectivity index (χ0v) is 17.6. The zero-order chi connectivity index (χ0) is 20.8. The number of anilines is 2. The molecule has 6 nitrogen and oxygen atoms in total. The standard InChI is InChI=1S/C21H20ClN3O3S/c1-13-6-5-9-17(21(13)22)24-18(26)12-29-19-10-14(11-20(27)28-2)23-15-7-3-4-8-16(15)25-19/h3-10,23H,11-12H2,1-2H3,(H,24,26). The van der Waals surface area contributed by atoms with Gasteiger partial charge in [-0.05, 0) is 36.8 Å². The van der Waals surface area contributed by atoms with Crippen molar-refractivity contribution in [2.75, 3.05) is 23.5 Å². The molecule has 1 amide bonds. The number of nitrogens with one attached hydrogen (secondary N) is 2. The molecule has 29 heavy (non-hydrogen) atoms. The minimum Gasteiger partial charge on any atom is -0.469 e. The summed E-state index contributed by atoms with van der Waals surface area (Å²) in [5.41, 5.74) is 3.63. The van der Waals surface area contributed by atoms with E-state index in [0.717, 1.165) is 16.9 Å². The Hall–Kier alpha value is -2.77. The predicted molar refractivity (Wildman–Crippen MR) is 119 cm³/mol. The molecule has 3 rings (SSSR count). The van der Waals surface area contributed by atoms with Gasteiger partial charge in [0.1, 0.15) is 0 Å². The van der Waals surface area contributed by atoms with Crippen LogP contribution < -0.4 is 10.6 Å². The number of esters is 1. The highest BCUT2D eigenvalue weighted by Gasteiger charge is 2.15.